The smallest absolute Gasteiger partial charge is 0.0693 e. The zero-order valence-electron chi connectivity index (χ0n) is 9.95. The molecule has 0 aromatic rings. The Kier molecular flexibility index (Phi) is 3.65. The Balaban J connectivity index is 1.67. The van der Waals surface area contributed by atoms with Crippen molar-refractivity contribution >= 4 is 0 Å². The van der Waals surface area contributed by atoms with Gasteiger partial charge in [0.05, 0.1) is 6.10 Å². The fourth-order valence-electron chi connectivity index (χ4n) is 2.49. The van der Waals surface area contributed by atoms with Crippen LogP contribution < -0.4 is 5.32 Å². The Bertz CT molecular complexity index is 206. The Morgan fingerprint density at radius 3 is 2.60 bits per heavy atom. The van der Waals surface area contributed by atoms with Crippen LogP contribution in [0.25, 0.3) is 0 Å². The number of aliphatic hydroxyl groups is 1. The molecule has 15 heavy (non-hydrogen) atoms. The number of nitrogens with one attached hydrogen (secondary N) is 1. The minimum atomic E-state index is -0.108. The molecule has 3 heteroatoms. The summed E-state index contributed by atoms with van der Waals surface area (Å²) in [6.07, 6.45) is 5.92. The zero-order chi connectivity index (χ0) is 10.8. The highest BCUT2D eigenvalue weighted by Crippen LogP contribution is 2.27. The van der Waals surface area contributed by atoms with Crippen LogP contribution in [0.2, 0.25) is 0 Å². The Labute approximate surface area is 92.8 Å². The van der Waals surface area contributed by atoms with E-state index in [0.29, 0.717) is 12.1 Å². The Hall–Kier alpha value is -0.120. The van der Waals surface area contributed by atoms with Crippen molar-refractivity contribution in [2.24, 2.45) is 0 Å². The van der Waals surface area contributed by atoms with Crippen molar-refractivity contribution in [3.63, 3.8) is 0 Å². The summed E-state index contributed by atoms with van der Waals surface area (Å²) < 4.78 is 0. The average Bonchev–Trinajstić information content (AvgIpc) is 2.99. The molecule has 0 amide bonds. The van der Waals surface area contributed by atoms with Crippen LogP contribution in [0.15, 0.2) is 0 Å². The lowest BCUT2D eigenvalue weighted by Gasteiger charge is -2.27. The number of nitrogens with zero attached hydrogens (tertiary/aromatic N) is 1. The second kappa shape index (κ2) is 4.81. The summed E-state index contributed by atoms with van der Waals surface area (Å²) in [6, 6.07) is 1.76. The molecule has 0 aromatic heterocycles. The van der Waals surface area contributed by atoms with E-state index in [-0.39, 0.29) is 6.10 Å². The van der Waals surface area contributed by atoms with Gasteiger partial charge in [-0.3, -0.25) is 4.90 Å². The SMILES string of the molecule is CC(CNC1CCCC1O)N(C)C1CC1. The molecular formula is C12H24N2O. The van der Waals surface area contributed by atoms with Crippen molar-refractivity contribution in [1.82, 2.24) is 10.2 Å². The average molecular weight is 212 g/mol. The predicted octanol–water partition coefficient (Wildman–Crippen LogP) is 0.972. The molecule has 88 valence electrons. The lowest BCUT2D eigenvalue weighted by Crippen LogP contribution is -2.45. The van der Waals surface area contributed by atoms with Gasteiger partial charge in [-0.2, -0.15) is 0 Å². The highest BCUT2D eigenvalue weighted by Gasteiger charge is 2.30. The van der Waals surface area contributed by atoms with Crippen molar-refractivity contribution in [1.29, 1.82) is 0 Å². The lowest BCUT2D eigenvalue weighted by atomic mass is 10.2. The maximum Gasteiger partial charge on any atom is 0.0693 e. The van der Waals surface area contributed by atoms with E-state index < -0.39 is 0 Å². The lowest BCUT2D eigenvalue weighted by molar-refractivity contribution is 0.141. The van der Waals surface area contributed by atoms with Crippen molar-refractivity contribution in [2.45, 2.75) is 63.3 Å². The van der Waals surface area contributed by atoms with Gasteiger partial charge in [-0.05, 0) is 46.1 Å². The van der Waals surface area contributed by atoms with E-state index in [0.717, 1.165) is 25.4 Å². The molecule has 2 saturated carbocycles. The fraction of sp³-hybridized carbons (Fsp3) is 1.00. The standard InChI is InChI=1S/C12H24N2O/c1-9(14(2)10-6-7-10)8-13-11-4-3-5-12(11)15/h9-13,15H,3-8H2,1-2H3. The van der Waals surface area contributed by atoms with E-state index in [2.05, 4.69) is 24.2 Å². The van der Waals surface area contributed by atoms with Gasteiger partial charge in [0.1, 0.15) is 0 Å². The summed E-state index contributed by atoms with van der Waals surface area (Å²) in [5, 5.41) is 13.2. The van der Waals surface area contributed by atoms with Gasteiger partial charge in [0.25, 0.3) is 0 Å². The second-order valence-corrected chi connectivity index (χ2v) is 5.26. The fourth-order valence-corrected chi connectivity index (χ4v) is 2.49. The van der Waals surface area contributed by atoms with E-state index in [4.69, 9.17) is 0 Å². The Morgan fingerprint density at radius 2 is 2.07 bits per heavy atom. The van der Waals surface area contributed by atoms with Gasteiger partial charge >= 0.3 is 0 Å². The Morgan fingerprint density at radius 1 is 1.33 bits per heavy atom. The van der Waals surface area contributed by atoms with Crippen molar-refractivity contribution < 1.29 is 5.11 Å². The van der Waals surface area contributed by atoms with Gasteiger partial charge in [0, 0.05) is 24.7 Å². The molecule has 3 nitrogen and oxygen atoms in total. The number of likely N-dealkylation sites (N-methyl/N-ethyl adjacent to an activating group) is 1. The summed E-state index contributed by atoms with van der Waals surface area (Å²) in [6.45, 7) is 3.28. The van der Waals surface area contributed by atoms with E-state index in [9.17, 15) is 5.11 Å². The van der Waals surface area contributed by atoms with Crippen LogP contribution in [-0.4, -0.2) is 47.8 Å². The summed E-state index contributed by atoms with van der Waals surface area (Å²) in [5.74, 6) is 0. The predicted molar refractivity (Wildman–Crippen MR) is 61.9 cm³/mol. The molecule has 0 heterocycles. The van der Waals surface area contributed by atoms with Crippen molar-refractivity contribution in [3.8, 4) is 0 Å². The molecule has 3 unspecified atom stereocenters. The molecule has 0 spiro atoms. The number of aliphatic hydroxyl groups excluding tert-OH is 1. The second-order valence-electron chi connectivity index (χ2n) is 5.26. The van der Waals surface area contributed by atoms with E-state index in [1.165, 1.54) is 19.3 Å². The van der Waals surface area contributed by atoms with Crippen LogP contribution in [0, 0.1) is 0 Å². The van der Waals surface area contributed by atoms with E-state index in [1.807, 2.05) is 0 Å². The van der Waals surface area contributed by atoms with Crippen molar-refractivity contribution in [3.05, 3.63) is 0 Å². The zero-order valence-corrected chi connectivity index (χ0v) is 9.95. The van der Waals surface area contributed by atoms with Gasteiger partial charge in [-0.1, -0.05) is 0 Å². The summed E-state index contributed by atoms with van der Waals surface area (Å²) in [4.78, 5) is 2.47. The first-order valence-electron chi connectivity index (χ1n) is 6.32. The van der Waals surface area contributed by atoms with Gasteiger partial charge in [0.15, 0.2) is 0 Å². The van der Waals surface area contributed by atoms with Gasteiger partial charge in [-0.25, -0.2) is 0 Å². The third kappa shape index (κ3) is 2.92. The van der Waals surface area contributed by atoms with Crippen LogP contribution >= 0.6 is 0 Å². The van der Waals surface area contributed by atoms with Crippen LogP contribution in [0.5, 0.6) is 0 Å². The molecule has 3 atom stereocenters. The number of hydrogen-bond acceptors (Lipinski definition) is 3. The summed E-state index contributed by atoms with van der Waals surface area (Å²) in [5.41, 5.74) is 0. The monoisotopic (exact) mass is 212 g/mol. The normalized spacial score (nSPS) is 33.6. The highest BCUT2D eigenvalue weighted by molar-refractivity contribution is 4.88. The molecule has 0 aliphatic heterocycles. The van der Waals surface area contributed by atoms with E-state index in [1.54, 1.807) is 0 Å². The molecule has 2 aliphatic carbocycles. The molecule has 0 aromatic carbocycles. The van der Waals surface area contributed by atoms with Crippen LogP contribution in [0.3, 0.4) is 0 Å². The number of hydrogen-bond donors (Lipinski definition) is 2. The first-order valence-corrected chi connectivity index (χ1v) is 6.32. The van der Waals surface area contributed by atoms with E-state index >= 15 is 0 Å². The highest BCUT2D eigenvalue weighted by atomic mass is 16.3. The topological polar surface area (TPSA) is 35.5 Å². The minimum absolute atomic E-state index is 0.108. The summed E-state index contributed by atoms with van der Waals surface area (Å²) in [7, 11) is 2.22. The van der Waals surface area contributed by atoms with Gasteiger partial charge in [-0.15, -0.1) is 0 Å². The van der Waals surface area contributed by atoms with Crippen LogP contribution in [0.4, 0.5) is 0 Å². The molecule has 0 radical (unpaired) electrons. The molecule has 0 bridgehead atoms. The first kappa shape index (κ1) is 11.4. The van der Waals surface area contributed by atoms with Crippen molar-refractivity contribution in [2.75, 3.05) is 13.6 Å². The van der Waals surface area contributed by atoms with Gasteiger partial charge in [0.2, 0.25) is 0 Å². The molecule has 2 N–H and O–H groups in total. The van der Waals surface area contributed by atoms with Crippen LogP contribution in [-0.2, 0) is 0 Å². The number of rotatable bonds is 5. The molecule has 0 saturated heterocycles. The molecule has 2 fully saturated rings. The quantitative estimate of drug-likeness (QED) is 0.713. The largest absolute Gasteiger partial charge is 0.392 e. The van der Waals surface area contributed by atoms with Crippen LogP contribution in [0.1, 0.15) is 39.0 Å². The maximum absolute atomic E-state index is 9.69. The van der Waals surface area contributed by atoms with Gasteiger partial charge < -0.3 is 10.4 Å². The molecular weight excluding hydrogens is 188 g/mol. The molecule has 2 rings (SSSR count). The first-order chi connectivity index (χ1) is 7.18. The minimum Gasteiger partial charge on any atom is -0.392 e. The summed E-state index contributed by atoms with van der Waals surface area (Å²) >= 11 is 0. The maximum atomic E-state index is 9.69. The third-order valence-corrected chi connectivity index (χ3v) is 3.97. The molecule has 2 aliphatic rings. The third-order valence-electron chi connectivity index (χ3n) is 3.97.